The Balaban J connectivity index is 1.33. The van der Waals surface area contributed by atoms with Gasteiger partial charge in [-0.1, -0.05) is 49.2 Å². The van der Waals surface area contributed by atoms with Crippen LogP contribution in [0.1, 0.15) is 67.8 Å². The Morgan fingerprint density at radius 2 is 1.97 bits per heavy atom. The van der Waals surface area contributed by atoms with Gasteiger partial charge in [0.15, 0.2) is 0 Å². The van der Waals surface area contributed by atoms with E-state index in [-0.39, 0.29) is 17.9 Å². The molecule has 1 aromatic carbocycles. The zero-order valence-corrected chi connectivity index (χ0v) is 24.2. The fraction of sp³-hybridized carbons (Fsp3) is 0.625. The number of rotatable bonds is 15. The minimum atomic E-state index is 0.0726. The van der Waals surface area contributed by atoms with Crippen molar-refractivity contribution in [3.8, 4) is 0 Å². The molecule has 2 aromatic rings. The van der Waals surface area contributed by atoms with E-state index in [9.17, 15) is 4.79 Å². The molecule has 1 amide bonds. The van der Waals surface area contributed by atoms with Gasteiger partial charge in [-0.25, -0.2) is 0 Å². The SMILES string of the molecule is CNCCCCN(Cc1ncccc1C)C[C@@H]1CN(CC[C@H](NC(=O)C2CCCC2)c2ccccc2)CCN1. The minimum absolute atomic E-state index is 0.0726. The summed E-state index contributed by atoms with van der Waals surface area (Å²) in [6, 6.07) is 15.2. The number of piperazine rings is 1. The highest BCUT2D eigenvalue weighted by Crippen LogP contribution is 2.26. The molecule has 3 N–H and O–H groups in total. The zero-order valence-electron chi connectivity index (χ0n) is 24.2. The molecule has 1 saturated heterocycles. The van der Waals surface area contributed by atoms with Crippen LogP contribution >= 0.6 is 0 Å². The normalized spacial score (nSPS) is 19.4. The van der Waals surface area contributed by atoms with Gasteiger partial charge in [0.05, 0.1) is 11.7 Å². The molecule has 0 spiro atoms. The Kier molecular flexibility index (Phi) is 12.2. The van der Waals surface area contributed by atoms with Crippen LogP contribution in [0.4, 0.5) is 0 Å². The summed E-state index contributed by atoms with van der Waals surface area (Å²) in [4.78, 5) is 22.9. The first-order valence-corrected chi connectivity index (χ1v) is 15.2. The summed E-state index contributed by atoms with van der Waals surface area (Å²) >= 11 is 0. The molecule has 1 aromatic heterocycles. The molecule has 39 heavy (non-hydrogen) atoms. The summed E-state index contributed by atoms with van der Waals surface area (Å²) in [7, 11) is 2.03. The van der Waals surface area contributed by atoms with Crippen molar-refractivity contribution < 1.29 is 4.79 Å². The van der Waals surface area contributed by atoms with Crippen LogP contribution in [-0.4, -0.2) is 79.6 Å². The molecule has 1 aliphatic carbocycles. The molecule has 7 nitrogen and oxygen atoms in total. The van der Waals surface area contributed by atoms with Gasteiger partial charge >= 0.3 is 0 Å². The van der Waals surface area contributed by atoms with Gasteiger partial charge in [-0.05, 0) is 76.4 Å². The molecule has 7 heteroatoms. The fourth-order valence-electron chi connectivity index (χ4n) is 6.10. The number of aromatic nitrogens is 1. The predicted octanol–water partition coefficient (Wildman–Crippen LogP) is 3.90. The maximum atomic E-state index is 13.0. The van der Waals surface area contributed by atoms with Crippen molar-refractivity contribution in [1.82, 2.24) is 30.7 Å². The molecule has 1 aliphatic heterocycles. The lowest BCUT2D eigenvalue weighted by Crippen LogP contribution is -2.55. The van der Waals surface area contributed by atoms with Crippen molar-refractivity contribution in [2.75, 3.05) is 52.9 Å². The molecule has 2 fully saturated rings. The van der Waals surface area contributed by atoms with Crippen LogP contribution in [0.3, 0.4) is 0 Å². The topological polar surface area (TPSA) is 72.5 Å². The molecule has 1 saturated carbocycles. The van der Waals surface area contributed by atoms with Gasteiger partial charge in [0.2, 0.25) is 5.91 Å². The van der Waals surface area contributed by atoms with Crippen LogP contribution in [0.2, 0.25) is 0 Å². The number of pyridine rings is 1. The van der Waals surface area contributed by atoms with Crippen molar-refractivity contribution in [3.05, 3.63) is 65.5 Å². The number of benzene rings is 1. The lowest BCUT2D eigenvalue weighted by atomic mass is 10.0. The number of hydrogen-bond donors (Lipinski definition) is 3. The number of nitrogens with zero attached hydrogens (tertiary/aromatic N) is 3. The average molecular weight is 535 g/mol. The third-order valence-corrected chi connectivity index (χ3v) is 8.44. The van der Waals surface area contributed by atoms with Gasteiger partial charge < -0.3 is 20.9 Å². The summed E-state index contributed by atoms with van der Waals surface area (Å²) in [6.07, 6.45) is 9.67. The van der Waals surface area contributed by atoms with Gasteiger partial charge in [0, 0.05) is 57.4 Å². The third-order valence-electron chi connectivity index (χ3n) is 8.44. The third kappa shape index (κ3) is 9.67. The summed E-state index contributed by atoms with van der Waals surface area (Å²) in [5.41, 5.74) is 3.67. The van der Waals surface area contributed by atoms with Crippen LogP contribution in [-0.2, 0) is 11.3 Å². The zero-order chi connectivity index (χ0) is 27.3. The fourth-order valence-corrected chi connectivity index (χ4v) is 6.10. The lowest BCUT2D eigenvalue weighted by molar-refractivity contribution is -0.125. The van der Waals surface area contributed by atoms with E-state index in [1.165, 1.54) is 42.5 Å². The highest BCUT2D eigenvalue weighted by Gasteiger charge is 2.27. The maximum Gasteiger partial charge on any atom is 0.223 e. The highest BCUT2D eigenvalue weighted by atomic mass is 16.1. The number of aryl methyl sites for hydroxylation is 1. The number of carbonyl (C=O) groups is 1. The van der Waals surface area contributed by atoms with Gasteiger partial charge in [-0.2, -0.15) is 0 Å². The van der Waals surface area contributed by atoms with E-state index in [1.807, 2.05) is 19.3 Å². The smallest absolute Gasteiger partial charge is 0.223 e. The van der Waals surface area contributed by atoms with Crippen LogP contribution in [0.5, 0.6) is 0 Å². The summed E-state index contributed by atoms with van der Waals surface area (Å²) in [5.74, 6) is 0.444. The Morgan fingerprint density at radius 1 is 1.15 bits per heavy atom. The number of amides is 1. The molecule has 2 atom stereocenters. The van der Waals surface area contributed by atoms with Crippen LogP contribution in [0.25, 0.3) is 0 Å². The van der Waals surface area contributed by atoms with Gasteiger partial charge in [0.1, 0.15) is 0 Å². The first-order valence-electron chi connectivity index (χ1n) is 15.2. The standard InChI is InChI=1S/C32H50N6O/c1-26-11-10-18-35-31(26)25-38(20-9-8-17-33-2)24-29-23-37(22-19-34-29)21-16-30(27-12-4-3-5-13-27)36-32(39)28-14-6-7-15-28/h3-5,10-13,18,28-30,33-34H,6-9,14-17,19-25H2,1-2H3,(H,36,39)/t29-,30-/m0/s1. The Hall–Kier alpha value is -2.32. The van der Waals surface area contributed by atoms with Gasteiger partial charge in [-0.15, -0.1) is 0 Å². The molecule has 0 bridgehead atoms. The van der Waals surface area contributed by atoms with Crippen LogP contribution < -0.4 is 16.0 Å². The van der Waals surface area contributed by atoms with E-state index in [0.29, 0.717) is 6.04 Å². The highest BCUT2D eigenvalue weighted by molar-refractivity contribution is 5.79. The summed E-state index contributed by atoms with van der Waals surface area (Å²) in [5, 5.41) is 10.5. The minimum Gasteiger partial charge on any atom is -0.349 e. The number of unbranched alkanes of at least 4 members (excludes halogenated alkanes) is 1. The largest absolute Gasteiger partial charge is 0.349 e. The molecule has 2 aliphatic rings. The molecule has 4 rings (SSSR count). The number of nitrogens with one attached hydrogen (secondary N) is 3. The Labute approximate surface area is 236 Å². The lowest BCUT2D eigenvalue weighted by Gasteiger charge is -2.37. The second-order valence-corrected chi connectivity index (χ2v) is 11.5. The van der Waals surface area contributed by atoms with Crippen molar-refractivity contribution in [3.63, 3.8) is 0 Å². The van der Waals surface area contributed by atoms with E-state index in [1.54, 1.807) is 0 Å². The van der Waals surface area contributed by atoms with Gasteiger partial charge in [-0.3, -0.25) is 14.7 Å². The van der Waals surface area contributed by atoms with Gasteiger partial charge in [0.25, 0.3) is 0 Å². The van der Waals surface area contributed by atoms with E-state index >= 15 is 0 Å². The number of hydrogen-bond acceptors (Lipinski definition) is 6. The second kappa shape index (κ2) is 16.1. The van der Waals surface area contributed by atoms with E-state index in [4.69, 9.17) is 0 Å². The molecule has 0 unspecified atom stereocenters. The predicted molar refractivity (Wildman–Crippen MR) is 160 cm³/mol. The number of carbonyl (C=O) groups excluding carboxylic acids is 1. The van der Waals surface area contributed by atoms with Crippen LogP contribution in [0.15, 0.2) is 48.7 Å². The second-order valence-electron chi connectivity index (χ2n) is 11.5. The average Bonchev–Trinajstić information content (AvgIpc) is 3.51. The summed E-state index contributed by atoms with van der Waals surface area (Å²) < 4.78 is 0. The van der Waals surface area contributed by atoms with Crippen molar-refractivity contribution in [1.29, 1.82) is 0 Å². The first-order chi connectivity index (χ1) is 19.1. The van der Waals surface area contributed by atoms with Crippen LogP contribution in [0, 0.1) is 12.8 Å². The van der Waals surface area contributed by atoms with E-state index < -0.39 is 0 Å². The summed E-state index contributed by atoms with van der Waals surface area (Å²) in [6.45, 7) is 10.3. The van der Waals surface area contributed by atoms with E-state index in [0.717, 1.165) is 71.6 Å². The molecular weight excluding hydrogens is 484 g/mol. The van der Waals surface area contributed by atoms with Crippen molar-refractivity contribution >= 4 is 5.91 Å². The Morgan fingerprint density at radius 3 is 2.74 bits per heavy atom. The molecule has 214 valence electrons. The molecule has 2 heterocycles. The maximum absolute atomic E-state index is 13.0. The molecular formula is C32H50N6O. The van der Waals surface area contributed by atoms with E-state index in [2.05, 4.69) is 74.1 Å². The van der Waals surface area contributed by atoms with Crippen molar-refractivity contribution in [2.45, 2.75) is 70.5 Å². The van der Waals surface area contributed by atoms with Crippen molar-refractivity contribution in [2.24, 2.45) is 5.92 Å². The quantitative estimate of drug-likeness (QED) is 0.301. The molecule has 0 radical (unpaired) electrons. The monoisotopic (exact) mass is 534 g/mol. The Bertz CT molecular complexity index is 980. The first kappa shape index (κ1) is 29.7.